The molecule has 0 fully saturated rings. The Bertz CT molecular complexity index is 547. The average molecular weight is 341 g/mol. The van der Waals surface area contributed by atoms with E-state index in [9.17, 15) is 14.9 Å². The zero-order chi connectivity index (χ0) is 17.2. The van der Waals surface area contributed by atoms with Gasteiger partial charge in [0.2, 0.25) is 5.91 Å². The van der Waals surface area contributed by atoms with Gasteiger partial charge in [-0.15, -0.1) is 0 Å². The molecule has 0 aromatic heterocycles. The molecular weight excluding hydrogens is 316 g/mol. The Morgan fingerprint density at radius 2 is 1.78 bits per heavy atom. The fraction of sp³-hybridized carbons (Fsp3) is 0.588. The summed E-state index contributed by atoms with van der Waals surface area (Å²) in [4.78, 5) is 22.2. The summed E-state index contributed by atoms with van der Waals surface area (Å²) in [6, 6.07) is 2.82. The van der Waals surface area contributed by atoms with E-state index in [0.29, 0.717) is 17.7 Å². The molecule has 1 N–H and O–H groups in total. The van der Waals surface area contributed by atoms with Crippen molar-refractivity contribution in [2.45, 2.75) is 65.2 Å². The number of nitro benzene ring substituents is 1. The Morgan fingerprint density at radius 1 is 1.17 bits per heavy atom. The van der Waals surface area contributed by atoms with Gasteiger partial charge in [-0.05, 0) is 25.0 Å². The van der Waals surface area contributed by atoms with Gasteiger partial charge in [0.25, 0.3) is 5.69 Å². The summed E-state index contributed by atoms with van der Waals surface area (Å²) < 4.78 is 0. The smallest absolute Gasteiger partial charge is 0.288 e. The number of nitrogens with zero attached hydrogens (tertiary/aromatic N) is 1. The molecule has 0 bridgehead atoms. The second-order valence-corrected chi connectivity index (χ2v) is 6.20. The number of hydrogen-bond donors (Lipinski definition) is 1. The molecule has 6 heteroatoms. The monoisotopic (exact) mass is 340 g/mol. The second-order valence-electron chi connectivity index (χ2n) is 5.80. The van der Waals surface area contributed by atoms with E-state index >= 15 is 0 Å². The number of nitrogens with one attached hydrogen (secondary N) is 1. The third-order valence-electron chi connectivity index (χ3n) is 3.77. The molecule has 0 unspecified atom stereocenters. The Kier molecular flexibility index (Phi) is 8.62. The van der Waals surface area contributed by atoms with Crippen molar-refractivity contribution >= 4 is 28.9 Å². The Labute approximate surface area is 142 Å². The van der Waals surface area contributed by atoms with E-state index in [1.54, 1.807) is 6.92 Å². The topological polar surface area (TPSA) is 72.2 Å². The third kappa shape index (κ3) is 6.99. The van der Waals surface area contributed by atoms with E-state index < -0.39 is 4.92 Å². The van der Waals surface area contributed by atoms with Gasteiger partial charge in [0.15, 0.2) is 0 Å². The molecule has 0 radical (unpaired) electrons. The van der Waals surface area contributed by atoms with Crippen molar-refractivity contribution in [2.24, 2.45) is 0 Å². The van der Waals surface area contributed by atoms with Crippen LogP contribution in [0.4, 0.5) is 11.4 Å². The summed E-state index contributed by atoms with van der Waals surface area (Å²) in [6.07, 6.45) is 8.54. The Morgan fingerprint density at radius 3 is 2.39 bits per heavy atom. The van der Waals surface area contributed by atoms with Crippen LogP contribution in [0.5, 0.6) is 0 Å². The van der Waals surface area contributed by atoms with Crippen LogP contribution in [-0.4, -0.2) is 10.8 Å². The van der Waals surface area contributed by atoms with Crippen LogP contribution < -0.4 is 5.32 Å². The van der Waals surface area contributed by atoms with Crippen molar-refractivity contribution in [1.29, 1.82) is 0 Å². The van der Waals surface area contributed by atoms with Gasteiger partial charge in [0, 0.05) is 18.2 Å². The molecule has 1 aromatic carbocycles. The lowest BCUT2D eigenvalue weighted by Crippen LogP contribution is -2.12. The SMILES string of the molecule is CCCCCCCCCC(=O)Nc1cc(Cl)c([N+](=O)[O-])cc1C. The number of nitro groups is 1. The number of carbonyl (C=O) groups excluding carboxylic acids is 1. The van der Waals surface area contributed by atoms with E-state index in [0.717, 1.165) is 19.3 Å². The molecule has 128 valence electrons. The van der Waals surface area contributed by atoms with E-state index in [1.165, 1.54) is 37.8 Å². The van der Waals surface area contributed by atoms with Crippen LogP contribution in [-0.2, 0) is 4.79 Å². The maximum absolute atomic E-state index is 11.9. The summed E-state index contributed by atoms with van der Waals surface area (Å²) in [7, 11) is 0. The fourth-order valence-electron chi connectivity index (χ4n) is 2.40. The van der Waals surface area contributed by atoms with E-state index in [1.807, 2.05) is 0 Å². The van der Waals surface area contributed by atoms with Crippen LogP contribution in [0.2, 0.25) is 5.02 Å². The van der Waals surface area contributed by atoms with Gasteiger partial charge in [-0.1, -0.05) is 57.0 Å². The molecule has 0 spiro atoms. The predicted molar refractivity (Wildman–Crippen MR) is 94.1 cm³/mol. The lowest BCUT2D eigenvalue weighted by molar-refractivity contribution is -0.384. The average Bonchev–Trinajstić information content (AvgIpc) is 2.49. The molecule has 1 amide bonds. The highest BCUT2D eigenvalue weighted by atomic mass is 35.5. The predicted octanol–water partition coefficient (Wildman–Crippen LogP) is 5.64. The maximum atomic E-state index is 11.9. The molecule has 1 rings (SSSR count). The summed E-state index contributed by atoms with van der Waals surface area (Å²) >= 11 is 5.87. The number of rotatable bonds is 10. The van der Waals surface area contributed by atoms with Crippen LogP contribution >= 0.6 is 11.6 Å². The van der Waals surface area contributed by atoms with Crippen LogP contribution in [0.3, 0.4) is 0 Å². The van der Waals surface area contributed by atoms with Crippen molar-refractivity contribution < 1.29 is 9.72 Å². The van der Waals surface area contributed by atoms with Gasteiger partial charge >= 0.3 is 0 Å². The zero-order valence-corrected chi connectivity index (χ0v) is 14.6. The first-order valence-corrected chi connectivity index (χ1v) is 8.58. The second kappa shape index (κ2) is 10.2. The first kappa shape index (κ1) is 19.4. The van der Waals surface area contributed by atoms with E-state index in [-0.39, 0.29) is 16.6 Å². The largest absolute Gasteiger partial charge is 0.326 e. The first-order chi connectivity index (χ1) is 11.0. The number of unbranched alkanes of at least 4 members (excludes halogenated alkanes) is 6. The Balaban J connectivity index is 2.40. The number of hydrogen-bond acceptors (Lipinski definition) is 3. The molecule has 0 atom stereocenters. The van der Waals surface area contributed by atoms with Crippen LogP contribution in [0.1, 0.15) is 63.9 Å². The van der Waals surface area contributed by atoms with Crippen molar-refractivity contribution in [3.05, 3.63) is 32.8 Å². The standard InChI is InChI=1S/C17H25ClN2O3/c1-3-4-5-6-7-8-9-10-17(21)19-15-12-14(18)16(20(22)23)11-13(15)2/h11-12H,3-10H2,1-2H3,(H,19,21). The lowest BCUT2D eigenvalue weighted by Gasteiger charge is -2.09. The molecule has 0 aliphatic carbocycles. The molecule has 0 aliphatic rings. The molecule has 0 aliphatic heterocycles. The molecule has 1 aromatic rings. The zero-order valence-electron chi connectivity index (χ0n) is 13.9. The first-order valence-electron chi connectivity index (χ1n) is 8.20. The van der Waals surface area contributed by atoms with Gasteiger partial charge in [0.05, 0.1) is 4.92 Å². The molecule has 23 heavy (non-hydrogen) atoms. The third-order valence-corrected chi connectivity index (χ3v) is 4.07. The molecule has 0 saturated carbocycles. The summed E-state index contributed by atoms with van der Waals surface area (Å²) in [5.74, 6) is -0.0772. The number of benzene rings is 1. The highest BCUT2D eigenvalue weighted by Gasteiger charge is 2.16. The lowest BCUT2D eigenvalue weighted by atomic mass is 10.1. The van der Waals surface area contributed by atoms with Gasteiger partial charge in [0.1, 0.15) is 5.02 Å². The van der Waals surface area contributed by atoms with Crippen LogP contribution in [0.15, 0.2) is 12.1 Å². The van der Waals surface area contributed by atoms with E-state index in [2.05, 4.69) is 12.2 Å². The van der Waals surface area contributed by atoms with E-state index in [4.69, 9.17) is 11.6 Å². The van der Waals surface area contributed by atoms with Crippen LogP contribution in [0, 0.1) is 17.0 Å². The summed E-state index contributed by atoms with van der Waals surface area (Å²) in [5.41, 5.74) is 1.02. The Hall–Kier alpha value is -1.62. The highest BCUT2D eigenvalue weighted by molar-refractivity contribution is 6.33. The van der Waals surface area contributed by atoms with Gasteiger partial charge in [-0.25, -0.2) is 0 Å². The molecular formula is C17H25ClN2O3. The number of halogens is 1. The van der Waals surface area contributed by atoms with Gasteiger partial charge < -0.3 is 5.32 Å². The van der Waals surface area contributed by atoms with Gasteiger partial charge in [-0.3, -0.25) is 14.9 Å². The van der Waals surface area contributed by atoms with Crippen LogP contribution in [0.25, 0.3) is 0 Å². The van der Waals surface area contributed by atoms with Crippen molar-refractivity contribution in [3.63, 3.8) is 0 Å². The minimum atomic E-state index is -0.528. The fourth-order valence-corrected chi connectivity index (χ4v) is 2.63. The molecule has 0 saturated heterocycles. The normalized spacial score (nSPS) is 10.6. The molecule has 5 nitrogen and oxygen atoms in total. The highest BCUT2D eigenvalue weighted by Crippen LogP contribution is 2.30. The minimum Gasteiger partial charge on any atom is -0.326 e. The number of anilines is 1. The quantitative estimate of drug-likeness (QED) is 0.340. The maximum Gasteiger partial charge on any atom is 0.288 e. The minimum absolute atomic E-state index is 0.0341. The number of carbonyl (C=O) groups is 1. The van der Waals surface area contributed by atoms with Crippen molar-refractivity contribution in [1.82, 2.24) is 0 Å². The van der Waals surface area contributed by atoms with Crippen molar-refractivity contribution in [2.75, 3.05) is 5.32 Å². The number of amides is 1. The van der Waals surface area contributed by atoms with Crippen molar-refractivity contribution in [3.8, 4) is 0 Å². The molecule has 0 heterocycles. The summed E-state index contributed by atoms with van der Waals surface area (Å²) in [6.45, 7) is 3.91. The van der Waals surface area contributed by atoms with Gasteiger partial charge in [-0.2, -0.15) is 0 Å². The summed E-state index contributed by atoms with van der Waals surface area (Å²) in [5, 5.41) is 13.6. The number of aryl methyl sites for hydroxylation is 1.